The first-order valence-corrected chi connectivity index (χ1v) is 9.69. The van der Waals surface area contributed by atoms with Crippen molar-refractivity contribution in [2.75, 3.05) is 11.4 Å². The number of hydrogen-bond acceptors (Lipinski definition) is 2. The van der Waals surface area contributed by atoms with Crippen LogP contribution in [-0.2, 0) is 22.6 Å². The average molecular weight is 367 g/mol. The zero-order chi connectivity index (χ0) is 19.6. The molecule has 0 aliphatic heterocycles. The molecule has 144 valence electrons. The number of anilines is 1. The van der Waals surface area contributed by atoms with Gasteiger partial charge in [0.2, 0.25) is 11.8 Å². The first kappa shape index (κ1) is 20.7. The van der Waals surface area contributed by atoms with Crippen molar-refractivity contribution in [2.24, 2.45) is 5.92 Å². The lowest BCUT2D eigenvalue weighted by molar-refractivity contribution is -0.120. The minimum absolute atomic E-state index is 0.0112. The molecule has 0 bridgehead atoms. The summed E-state index contributed by atoms with van der Waals surface area (Å²) in [6, 6.07) is 17.7. The van der Waals surface area contributed by atoms with E-state index in [1.807, 2.05) is 80.3 Å². The van der Waals surface area contributed by atoms with Crippen LogP contribution in [0, 0.1) is 5.92 Å². The lowest BCUT2D eigenvalue weighted by Crippen LogP contribution is -2.31. The number of carbonyl (C=O) groups excluding carboxylic acids is 2. The fraction of sp³-hybridized carbons (Fsp3) is 0.391. The molecule has 0 spiro atoms. The summed E-state index contributed by atoms with van der Waals surface area (Å²) in [4.78, 5) is 26.7. The van der Waals surface area contributed by atoms with Crippen LogP contribution in [0.2, 0.25) is 0 Å². The van der Waals surface area contributed by atoms with Crippen LogP contribution in [-0.4, -0.2) is 18.4 Å². The standard InChI is InChI=1S/C23H30N2O2/c1-4-13-24-22(26)16-20-11-8-12-21(15-20)25(23(27)14-18(2)3)17-19-9-6-5-7-10-19/h5-12,15,18H,4,13-14,16-17H2,1-3H3,(H,24,26). The SMILES string of the molecule is CCCNC(=O)Cc1cccc(N(Cc2ccccc2)C(=O)CC(C)C)c1. The van der Waals surface area contributed by atoms with Crippen molar-refractivity contribution in [1.29, 1.82) is 0 Å². The van der Waals surface area contributed by atoms with Gasteiger partial charge in [0, 0.05) is 18.7 Å². The van der Waals surface area contributed by atoms with Gasteiger partial charge in [-0.1, -0.05) is 63.2 Å². The van der Waals surface area contributed by atoms with Crippen molar-refractivity contribution in [2.45, 2.75) is 46.6 Å². The Labute approximate surface area is 162 Å². The van der Waals surface area contributed by atoms with E-state index in [0.717, 1.165) is 23.2 Å². The van der Waals surface area contributed by atoms with Gasteiger partial charge in [-0.15, -0.1) is 0 Å². The maximum absolute atomic E-state index is 12.9. The number of carbonyl (C=O) groups is 2. The topological polar surface area (TPSA) is 49.4 Å². The van der Waals surface area contributed by atoms with Gasteiger partial charge in [-0.3, -0.25) is 9.59 Å². The van der Waals surface area contributed by atoms with E-state index in [1.54, 1.807) is 0 Å². The van der Waals surface area contributed by atoms with E-state index in [0.29, 0.717) is 31.8 Å². The van der Waals surface area contributed by atoms with Gasteiger partial charge in [0.15, 0.2) is 0 Å². The molecule has 4 nitrogen and oxygen atoms in total. The Bertz CT molecular complexity index is 741. The number of amides is 2. The lowest BCUT2D eigenvalue weighted by atomic mass is 10.1. The average Bonchev–Trinajstić information content (AvgIpc) is 2.65. The Kier molecular flexibility index (Phi) is 8.05. The molecular formula is C23H30N2O2. The number of benzene rings is 2. The first-order chi connectivity index (χ1) is 13.0. The van der Waals surface area contributed by atoms with Crippen LogP contribution >= 0.6 is 0 Å². The highest BCUT2D eigenvalue weighted by Crippen LogP contribution is 2.21. The van der Waals surface area contributed by atoms with Gasteiger partial charge in [0.05, 0.1) is 13.0 Å². The maximum atomic E-state index is 12.9. The molecule has 0 saturated heterocycles. The quantitative estimate of drug-likeness (QED) is 0.718. The van der Waals surface area contributed by atoms with Gasteiger partial charge in [0.25, 0.3) is 0 Å². The Morgan fingerprint density at radius 3 is 2.37 bits per heavy atom. The van der Waals surface area contributed by atoms with Crippen LogP contribution in [0.3, 0.4) is 0 Å². The van der Waals surface area contributed by atoms with Crippen molar-refractivity contribution in [3.8, 4) is 0 Å². The van der Waals surface area contributed by atoms with E-state index in [1.165, 1.54) is 0 Å². The maximum Gasteiger partial charge on any atom is 0.227 e. The second-order valence-electron chi connectivity index (χ2n) is 7.26. The fourth-order valence-corrected chi connectivity index (χ4v) is 2.90. The second-order valence-corrected chi connectivity index (χ2v) is 7.26. The van der Waals surface area contributed by atoms with E-state index in [4.69, 9.17) is 0 Å². The molecule has 0 aliphatic carbocycles. The minimum Gasteiger partial charge on any atom is -0.356 e. The molecule has 2 aromatic rings. The number of nitrogens with zero attached hydrogens (tertiary/aromatic N) is 1. The summed E-state index contributed by atoms with van der Waals surface area (Å²) in [5.41, 5.74) is 2.84. The van der Waals surface area contributed by atoms with Crippen molar-refractivity contribution < 1.29 is 9.59 Å². The first-order valence-electron chi connectivity index (χ1n) is 9.69. The molecule has 2 rings (SSSR count). The van der Waals surface area contributed by atoms with Crippen LogP contribution in [0.4, 0.5) is 5.69 Å². The Balaban J connectivity index is 2.22. The second kappa shape index (κ2) is 10.5. The van der Waals surface area contributed by atoms with Crippen molar-refractivity contribution in [3.05, 3.63) is 65.7 Å². The van der Waals surface area contributed by atoms with E-state index < -0.39 is 0 Å². The molecule has 0 unspecified atom stereocenters. The molecule has 0 saturated carbocycles. The van der Waals surface area contributed by atoms with E-state index in [9.17, 15) is 9.59 Å². The molecule has 0 aromatic heterocycles. The predicted molar refractivity (Wildman–Crippen MR) is 111 cm³/mol. The van der Waals surface area contributed by atoms with Crippen LogP contribution in [0.15, 0.2) is 54.6 Å². The molecule has 0 aliphatic rings. The van der Waals surface area contributed by atoms with Crippen molar-refractivity contribution in [3.63, 3.8) is 0 Å². The number of rotatable bonds is 9. The molecule has 4 heteroatoms. The highest BCUT2D eigenvalue weighted by Gasteiger charge is 2.18. The summed E-state index contributed by atoms with van der Waals surface area (Å²) in [5.74, 6) is 0.400. The van der Waals surface area contributed by atoms with Gasteiger partial charge in [0.1, 0.15) is 0 Å². The van der Waals surface area contributed by atoms with E-state index in [-0.39, 0.29) is 11.8 Å². The molecule has 1 N–H and O–H groups in total. The van der Waals surface area contributed by atoms with Crippen LogP contribution in [0.25, 0.3) is 0 Å². The van der Waals surface area contributed by atoms with Crippen molar-refractivity contribution >= 4 is 17.5 Å². The molecule has 2 amide bonds. The Morgan fingerprint density at radius 2 is 1.70 bits per heavy atom. The number of hydrogen-bond donors (Lipinski definition) is 1. The minimum atomic E-state index is 0.0112. The third-order valence-electron chi connectivity index (χ3n) is 4.23. The zero-order valence-corrected chi connectivity index (χ0v) is 16.6. The van der Waals surface area contributed by atoms with Gasteiger partial charge in [-0.25, -0.2) is 0 Å². The summed E-state index contributed by atoms with van der Waals surface area (Å²) < 4.78 is 0. The molecular weight excluding hydrogens is 336 g/mol. The number of nitrogens with one attached hydrogen (secondary N) is 1. The predicted octanol–water partition coefficient (Wildman–Crippen LogP) is 4.33. The fourth-order valence-electron chi connectivity index (χ4n) is 2.90. The normalized spacial score (nSPS) is 10.7. The molecule has 0 heterocycles. The van der Waals surface area contributed by atoms with Gasteiger partial charge >= 0.3 is 0 Å². The van der Waals surface area contributed by atoms with Crippen LogP contribution < -0.4 is 10.2 Å². The van der Waals surface area contributed by atoms with Crippen LogP contribution in [0.5, 0.6) is 0 Å². The molecule has 27 heavy (non-hydrogen) atoms. The lowest BCUT2D eigenvalue weighted by Gasteiger charge is -2.24. The monoisotopic (exact) mass is 366 g/mol. The summed E-state index contributed by atoms with van der Waals surface area (Å²) >= 11 is 0. The zero-order valence-electron chi connectivity index (χ0n) is 16.6. The molecule has 2 aromatic carbocycles. The van der Waals surface area contributed by atoms with Gasteiger partial charge in [-0.2, -0.15) is 0 Å². The third kappa shape index (κ3) is 6.89. The van der Waals surface area contributed by atoms with Crippen LogP contribution in [0.1, 0.15) is 44.7 Å². The Hall–Kier alpha value is -2.62. The smallest absolute Gasteiger partial charge is 0.227 e. The van der Waals surface area contributed by atoms with E-state index >= 15 is 0 Å². The third-order valence-corrected chi connectivity index (χ3v) is 4.23. The van der Waals surface area contributed by atoms with Gasteiger partial charge in [-0.05, 0) is 35.6 Å². The summed E-state index contributed by atoms with van der Waals surface area (Å²) in [5, 5.41) is 2.90. The van der Waals surface area contributed by atoms with Crippen molar-refractivity contribution in [1.82, 2.24) is 5.32 Å². The van der Waals surface area contributed by atoms with E-state index in [2.05, 4.69) is 5.32 Å². The molecule has 0 radical (unpaired) electrons. The summed E-state index contributed by atoms with van der Waals surface area (Å²) in [7, 11) is 0. The highest BCUT2D eigenvalue weighted by molar-refractivity contribution is 5.93. The summed E-state index contributed by atoms with van der Waals surface area (Å²) in [6.07, 6.45) is 1.74. The Morgan fingerprint density at radius 1 is 1.00 bits per heavy atom. The summed E-state index contributed by atoms with van der Waals surface area (Å²) in [6.45, 7) is 7.34. The largest absolute Gasteiger partial charge is 0.356 e. The highest BCUT2D eigenvalue weighted by atomic mass is 16.2. The molecule has 0 atom stereocenters. The van der Waals surface area contributed by atoms with Gasteiger partial charge < -0.3 is 10.2 Å². The molecule has 0 fully saturated rings.